The minimum Gasteiger partial charge on any atom is -0.504 e. The maximum absolute atomic E-state index is 13.0. The SMILES string of the molecule is COc1cc(I)c2c(c1-c1c(OC)cc(I)c3c1C(=O)C=C(O)C3=O)C(=O)C=C(O)C2=O. The lowest BCUT2D eigenvalue weighted by atomic mass is 9.81. The lowest BCUT2D eigenvalue weighted by Gasteiger charge is -2.25. The lowest BCUT2D eigenvalue weighted by molar-refractivity contribution is 0.0937. The van der Waals surface area contributed by atoms with E-state index in [-0.39, 0.29) is 44.9 Å². The number of rotatable bonds is 3. The van der Waals surface area contributed by atoms with E-state index in [1.807, 2.05) is 45.2 Å². The summed E-state index contributed by atoms with van der Waals surface area (Å²) >= 11 is 3.71. The topological polar surface area (TPSA) is 127 Å². The molecule has 0 unspecified atom stereocenters. The van der Waals surface area contributed by atoms with E-state index in [0.717, 1.165) is 12.2 Å². The van der Waals surface area contributed by atoms with Crippen LogP contribution >= 0.6 is 45.2 Å². The molecular weight excluding hydrogens is 646 g/mol. The van der Waals surface area contributed by atoms with Crippen molar-refractivity contribution in [2.24, 2.45) is 0 Å². The summed E-state index contributed by atoms with van der Waals surface area (Å²) in [7, 11) is 2.71. The van der Waals surface area contributed by atoms with E-state index in [9.17, 15) is 29.4 Å². The molecule has 4 rings (SSSR count). The highest BCUT2D eigenvalue weighted by atomic mass is 127. The molecule has 0 spiro atoms. The van der Waals surface area contributed by atoms with Crippen molar-refractivity contribution in [3.8, 4) is 22.6 Å². The quantitative estimate of drug-likeness (QED) is 0.470. The van der Waals surface area contributed by atoms with Gasteiger partial charge in [0, 0.05) is 41.5 Å². The molecule has 0 aliphatic heterocycles. The molecule has 2 aliphatic carbocycles. The first-order chi connectivity index (χ1) is 15.1. The molecule has 0 radical (unpaired) electrons. The smallest absolute Gasteiger partial charge is 0.229 e. The molecule has 0 heterocycles. The van der Waals surface area contributed by atoms with Crippen molar-refractivity contribution in [1.82, 2.24) is 0 Å². The first-order valence-corrected chi connectivity index (χ1v) is 11.1. The Hall–Kier alpha value is -2.74. The number of methoxy groups -OCH3 is 2. The number of carbonyl (C=O) groups excluding carboxylic acids is 4. The molecule has 2 aliphatic rings. The van der Waals surface area contributed by atoms with Crippen LogP contribution in [0.15, 0.2) is 35.8 Å². The molecule has 2 aromatic carbocycles. The van der Waals surface area contributed by atoms with Crippen molar-refractivity contribution in [1.29, 1.82) is 0 Å². The third-order valence-corrected chi connectivity index (χ3v) is 6.83. The van der Waals surface area contributed by atoms with Crippen LogP contribution in [-0.4, -0.2) is 47.6 Å². The fourth-order valence-corrected chi connectivity index (χ4v) is 5.38. The molecule has 2 N–H and O–H groups in total. The summed E-state index contributed by atoms with van der Waals surface area (Å²) in [5, 5.41) is 19.9. The van der Waals surface area contributed by atoms with Gasteiger partial charge in [-0.05, 0) is 57.3 Å². The maximum atomic E-state index is 13.0. The standard InChI is InChI=1S/C22H12I2O8/c1-31-13-3-7(23)15-17(9(25)5-11(27)21(15)29)19(13)20-14(32-2)4-8(24)16-18(20)10(26)6-12(28)22(16)30/h3-6,27-28H,1-2H3. The van der Waals surface area contributed by atoms with Crippen molar-refractivity contribution in [3.05, 3.63) is 65.2 Å². The Bertz CT molecular complexity index is 1250. The number of ketones is 4. The van der Waals surface area contributed by atoms with E-state index in [2.05, 4.69) is 0 Å². The Morgan fingerprint density at radius 1 is 0.625 bits per heavy atom. The van der Waals surface area contributed by atoms with Crippen LogP contribution in [-0.2, 0) is 0 Å². The van der Waals surface area contributed by atoms with Crippen LogP contribution in [0.5, 0.6) is 11.5 Å². The molecule has 0 atom stereocenters. The zero-order valence-electron chi connectivity index (χ0n) is 16.4. The number of halogens is 2. The first-order valence-electron chi connectivity index (χ1n) is 8.93. The van der Waals surface area contributed by atoms with Crippen molar-refractivity contribution < 1.29 is 38.9 Å². The molecule has 32 heavy (non-hydrogen) atoms. The van der Waals surface area contributed by atoms with Gasteiger partial charge in [-0.1, -0.05) is 0 Å². The molecule has 0 aromatic heterocycles. The zero-order chi connectivity index (χ0) is 23.5. The number of aliphatic hydroxyl groups excluding tert-OH is 2. The number of hydrogen-bond donors (Lipinski definition) is 2. The highest BCUT2D eigenvalue weighted by Gasteiger charge is 2.38. The molecule has 0 saturated heterocycles. The normalized spacial score (nSPS) is 15.1. The van der Waals surface area contributed by atoms with Crippen molar-refractivity contribution >= 4 is 68.3 Å². The van der Waals surface area contributed by atoms with Gasteiger partial charge < -0.3 is 19.7 Å². The number of hydrogen-bond acceptors (Lipinski definition) is 8. The Morgan fingerprint density at radius 3 is 1.28 bits per heavy atom. The molecule has 10 heteroatoms. The van der Waals surface area contributed by atoms with Crippen LogP contribution < -0.4 is 9.47 Å². The number of Topliss-reactive ketones (excluding diaryl/α,β-unsaturated/α-hetero) is 2. The van der Waals surface area contributed by atoms with E-state index in [1.165, 1.54) is 26.4 Å². The van der Waals surface area contributed by atoms with Crippen molar-refractivity contribution in [2.75, 3.05) is 14.2 Å². The zero-order valence-corrected chi connectivity index (χ0v) is 20.7. The van der Waals surface area contributed by atoms with Gasteiger partial charge >= 0.3 is 0 Å². The third-order valence-electron chi connectivity index (χ3n) is 5.12. The molecule has 8 nitrogen and oxygen atoms in total. The molecule has 2 aromatic rings. The number of ether oxygens (including phenoxy) is 2. The molecule has 0 amide bonds. The van der Waals surface area contributed by atoms with Gasteiger partial charge in [-0.25, -0.2) is 0 Å². The lowest BCUT2D eigenvalue weighted by Crippen LogP contribution is -2.23. The van der Waals surface area contributed by atoms with Gasteiger partial charge in [-0.15, -0.1) is 0 Å². The summed E-state index contributed by atoms with van der Waals surface area (Å²) < 4.78 is 11.7. The van der Waals surface area contributed by atoms with Gasteiger partial charge in [0.1, 0.15) is 11.5 Å². The average Bonchev–Trinajstić information content (AvgIpc) is 2.74. The molecule has 162 valence electrons. The van der Waals surface area contributed by atoms with Crippen LogP contribution in [0.4, 0.5) is 0 Å². The van der Waals surface area contributed by atoms with Crippen molar-refractivity contribution in [3.63, 3.8) is 0 Å². The summed E-state index contributed by atoms with van der Waals surface area (Å²) in [6.45, 7) is 0. The predicted octanol–water partition coefficient (Wildman–Crippen LogP) is 4.22. The van der Waals surface area contributed by atoms with Crippen LogP contribution in [0.25, 0.3) is 11.1 Å². The predicted molar refractivity (Wildman–Crippen MR) is 129 cm³/mol. The largest absolute Gasteiger partial charge is 0.504 e. The second-order valence-electron chi connectivity index (χ2n) is 6.82. The highest BCUT2D eigenvalue weighted by molar-refractivity contribution is 14.1. The number of fused-ring (bicyclic) bond motifs is 2. The average molecular weight is 658 g/mol. The van der Waals surface area contributed by atoms with Crippen LogP contribution in [0, 0.1) is 7.14 Å². The van der Waals surface area contributed by atoms with E-state index in [0.29, 0.717) is 7.14 Å². The molecular formula is C22H12I2O8. The van der Waals surface area contributed by atoms with Crippen LogP contribution in [0.1, 0.15) is 41.4 Å². The van der Waals surface area contributed by atoms with Gasteiger partial charge in [0.25, 0.3) is 0 Å². The summed E-state index contributed by atoms with van der Waals surface area (Å²) in [4.78, 5) is 51.4. The van der Waals surface area contributed by atoms with E-state index in [4.69, 9.17) is 9.47 Å². The summed E-state index contributed by atoms with van der Waals surface area (Å²) in [6, 6.07) is 2.98. The van der Waals surface area contributed by atoms with E-state index < -0.39 is 34.7 Å². The van der Waals surface area contributed by atoms with Gasteiger partial charge in [0.15, 0.2) is 23.1 Å². The summed E-state index contributed by atoms with van der Waals surface area (Å²) in [5.74, 6) is -3.95. The summed E-state index contributed by atoms with van der Waals surface area (Å²) in [6.07, 6.45) is 1.60. The van der Waals surface area contributed by atoms with Gasteiger partial charge in [0.05, 0.1) is 25.3 Å². The maximum Gasteiger partial charge on any atom is 0.229 e. The number of aliphatic hydroxyl groups is 2. The summed E-state index contributed by atoms with van der Waals surface area (Å²) in [5.41, 5.74) is -0.118. The van der Waals surface area contributed by atoms with Gasteiger partial charge in [0.2, 0.25) is 11.6 Å². The minimum atomic E-state index is -0.758. The Labute approximate surface area is 208 Å². The number of allylic oxidation sites excluding steroid dienone is 4. The first kappa shape index (κ1) is 22.5. The van der Waals surface area contributed by atoms with Gasteiger partial charge in [-0.3, -0.25) is 19.2 Å². The fourth-order valence-electron chi connectivity index (χ4n) is 3.79. The Kier molecular flexibility index (Phi) is 5.61. The van der Waals surface area contributed by atoms with E-state index >= 15 is 0 Å². The van der Waals surface area contributed by atoms with Crippen LogP contribution in [0.2, 0.25) is 0 Å². The highest BCUT2D eigenvalue weighted by Crippen LogP contribution is 2.48. The Morgan fingerprint density at radius 2 is 0.969 bits per heavy atom. The fraction of sp³-hybridized carbons (Fsp3) is 0.0909. The Balaban J connectivity index is 2.24. The molecule has 0 bridgehead atoms. The third kappa shape index (κ3) is 3.15. The van der Waals surface area contributed by atoms with Crippen molar-refractivity contribution in [2.45, 2.75) is 0 Å². The minimum absolute atomic E-state index is 0.0475. The monoisotopic (exact) mass is 658 g/mol. The second kappa shape index (κ2) is 7.99. The molecule has 0 saturated carbocycles. The molecule has 0 fully saturated rings. The van der Waals surface area contributed by atoms with E-state index in [1.54, 1.807) is 0 Å². The second-order valence-corrected chi connectivity index (χ2v) is 9.14. The van der Waals surface area contributed by atoms with Crippen LogP contribution in [0.3, 0.4) is 0 Å². The van der Waals surface area contributed by atoms with Gasteiger partial charge in [-0.2, -0.15) is 0 Å². The number of carbonyl (C=O) groups is 4. The number of benzene rings is 2.